The summed E-state index contributed by atoms with van der Waals surface area (Å²) in [7, 11) is 6.58. The van der Waals surface area contributed by atoms with E-state index in [-0.39, 0.29) is 24.0 Å². The molecule has 0 aliphatic heterocycles. The van der Waals surface area contributed by atoms with Gasteiger partial charge in [0.25, 0.3) is 0 Å². The summed E-state index contributed by atoms with van der Waals surface area (Å²) in [4.78, 5) is 69.0. The number of fused-ring (bicyclic) bond motifs is 3. The minimum atomic E-state index is -2.75. The second kappa shape index (κ2) is 8.00. The number of hydrogen-bond acceptors (Lipinski definition) is 9. The van der Waals surface area contributed by atoms with Gasteiger partial charge < -0.3 is 20.8 Å². The number of primary amides is 1. The van der Waals surface area contributed by atoms with Crippen molar-refractivity contribution >= 4 is 34.7 Å². The Morgan fingerprint density at radius 3 is 2.31 bits per heavy atom. The highest BCUT2D eigenvalue weighted by atomic mass is 16.3. The first-order valence-electron chi connectivity index (χ1n) is 11.2. The van der Waals surface area contributed by atoms with Crippen molar-refractivity contribution in [3.63, 3.8) is 0 Å². The van der Waals surface area contributed by atoms with E-state index >= 15 is 0 Å². The van der Waals surface area contributed by atoms with Crippen LogP contribution in [-0.4, -0.2) is 84.0 Å². The van der Waals surface area contributed by atoms with E-state index in [1.54, 1.807) is 25.1 Å². The number of hydrogen-bond donors (Lipinski definition) is 3. The number of terminal acetylenes is 1. The van der Waals surface area contributed by atoms with Gasteiger partial charge in [0, 0.05) is 25.7 Å². The third kappa shape index (κ3) is 3.15. The molecule has 2 fully saturated rings. The molecular weight excluding hydrogens is 454 g/mol. The van der Waals surface area contributed by atoms with Gasteiger partial charge in [-0.25, -0.2) is 0 Å². The van der Waals surface area contributed by atoms with Crippen LogP contribution in [0.4, 0.5) is 5.69 Å². The van der Waals surface area contributed by atoms with Gasteiger partial charge in [-0.1, -0.05) is 5.92 Å². The molecule has 0 radical (unpaired) electrons. The Labute approximate surface area is 202 Å². The number of likely N-dealkylation sites (N-methyl/N-ethyl adjacent to an activating group) is 1. The zero-order valence-electron chi connectivity index (χ0n) is 19.9. The highest BCUT2D eigenvalue weighted by Gasteiger charge is 2.69. The summed E-state index contributed by atoms with van der Waals surface area (Å²) in [6, 6.07) is 0.443. The summed E-state index contributed by atoms with van der Waals surface area (Å²) in [6.07, 6.45) is 5.69. The number of phenols is 1. The first kappa shape index (κ1) is 24.6. The molecule has 10 heteroatoms. The van der Waals surface area contributed by atoms with E-state index in [1.165, 1.54) is 19.0 Å². The Morgan fingerprint density at radius 2 is 1.80 bits per heavy atom. The van der Waals surface area contributed by atoms with Crippen molar-refractivity contribution < 1.29 is 34.2 Å². The van der Waals surface area contributed by atoms with E-state index in [4.69, 9.17) is 12.2 Å². The molecule has 1 aromatic rings. The van der Waals surface area contributed by atoms with Crippen molar-refractivity contribution in [3.8, 4) is 18.1 Å². The van der Waals surface area contributed by atoms with Gasteiger partial charge >= 0.3 is 0 Å². The number of ketones is 4. The average Bonchev–Trinajstić information content (AvgIpc) is 2.75. The number of carbonyl (C=O) groups excluding carboxylic acids is 5. The molecule has 0 bridgehead atoms. The highest BCUT2D eigenvalue weighted by Crippen LogP contribution is 2.52. The lowest BCUT2D eigenvalue weighted by atomic mass is 9.52. The van der Waals surface area contributed by atoms with E-state index in [9.17, 15) is 34.2 Å². The van der Waals surface area contributed by atoms with Crippen LogP contribution in [0.5, 0.6) is 5.75 Å². The van der Waals surface area contributed by atoms with Crippen molar-refractivity contribution in [2.24, 2.45) is 29.4 Å². The van der Waals surface area contributed by atoms with Gasteiger partial charge in [-0.3, -0.25) is 28.9 Å². The number of nitrogens with two attached hydrogens (primary N) is 1. The van der Waals surface area contributed by atoms with Crippen LogP contribution in [0, 0.1) is 36.0 Å². The number of aromatic hydroxyl groups is 1. The Morgan fingerprint density at radius 1 is 1.17 bits per heavy atom. The number of aliphatic hydroxyl groups is 1. The van der Waals surface area contributed by atoms with Crippen LogP contribution >= 0.6 is 0 Å². The number of phenolic OH excluding ortho intramolecular Hbond substituents is 1. The average molecular weight is 482 g/mol. The second-order valence-corrected chi connectivity index (χ2v) is 9.97. The summed E-state index contributed by atoms with van der Waals surface area (Å²) in [6.45, 7) is 0. The van der Waals surface area contributed by atoms with Gasteiger partial charge in [0.05, 0.1) is 23.1 Å². The number of amides is 1. The Bertz CT molecular complexity index is 1240. The molecule has 4 N–H and O–H groups in total. The molecule has 0 saturated heterocycles. The first-order valence-corrected chi connectivity index (χ1v) is 11.2. The lowest BCUT2D eigenvalue weighted by Gasteiger charge is -2.52. The predicted molar refractivity (Wildman–Crippen MR) is 124 cm³/mol. The van der Waals surface area contributed by atoms with E-state index in [2.05, 4.69) is 5.92 Å². The molecule has 1 aromatic carbocycles. The molecule has 6 atom stereocenters. The number of nitrogens with zero attached hydrogens (tertiary/aromatic N) is 2. The molecule has 0 aromatic heterocycles. The van der Waals surface area contributed by atoms with Crippen molar-refractivity contribution in [2.45, 2.75) is 24.5 Å². The number of benzene rings is 1. The van der Waals surface area contributed by atoms with E-state index in [0.29, 0.717) is 11.3 Å². The maximum absolute atomic E-state index is 13.8. The normalized spacial score (nSPS) is 32.0. The van der Waals surface area contributed by atoms with Gasteiger partial charge in [0.2, 0.25) is 5.91 Å². The zero-order chi connectivity index (χ0) is 26.1. The summed E-state index contributed by atoms with van der Waals surface area (Å²) in [5, 5.41) is 22.3. The van der Waals surface area contributed by atoms with Crippen molar-refractivity contribution in [3.05, 3.63) is 22.8 Å². The Balaban J connectivity index is 1.92. The monoisotopic (exact) mass is 481 g/mol. The molecule has 184 valence electrons. The number of carbonyl (C=O) groups is 5. The molecule has 4 rings (SSSR count). The second-order valence-electron chi connectivity index (χ2n) is 9.97. The van der Waals surface area contributed by atoms with Gasteiger partial charge in [-0.2, -0.15) is 0 Å². The van der Waals surface area contributed by atoms with Gasteiger partial charge in [-0.15, -0.1) is 6.42 Å². The molecule has 1 amide bonds. The lowest BCUT2D eigenvalue weighted by molar-refractivity contribution is -0.181. The van der Waals surface area contributed by atoms with Crippen molar-refractivity contribution in [2.75, 3.05) is 33.1 Å². The summed E-state index contributed by atoms with van der Waals surface area (Å²) >= 11 is 0. The number of Topliss-reactive ketones (excluding diaryl/α,β-unsaturated/α-hetero) is 4. The molecule has 10 nitrogen and oxygen atoms in total. The summed E-state index contributed by atoms with van der Waals surface area (Å²) in [5.41, 5.74) is 3.61. The smallest absolute Gasteiger partial charge is 0.235 e. The van der Waals surface area contributed by atoms with Crippen LogP contribution in [-0.2, 0) is 25.6 Å². The first-order chi connectivity index (χ1) is 16.3. The largest absolute Gasteiger partial charge is 0.506 e. The van der Waals surface area contributed by atoms with Gasteiger partial charge in [0.1, 0.15) is 5.75 Å². The molecule has 0 spiro atoms. The van der Waals surface area contributed by atoms with Gasteiger partial charge in [-0.05, 0) is 44.5 Å². The van der Waals surface area contributed by atoms with Crippen LogP contribution in [0.25, 0.3) is 0 Å². The quantitative estimate of drug-likeness (QED) is 0.360. The minimum absolute atomic E-state index is 0.00554. The standard InChI is InChI=1S/C25H27N3O7/c1-6-10-9-14(27(2)3)12-7-11-8-13-18(28(4)5)21(31)17(24(26)34)23(33)25(13,35)22(32)15(11)20(30)16(12)19(10)29/h1,9,11,13,15,17-18,29,35H,7-8H2,2-5H3,(H2,26,34). The zero-order valence-corrected chi connectivity index (χ0v) is 19.9. The molecule has 6 unspecified atom stereocenters. The minimum Gasteiger partial charge on any atom is -0.506 e. The number of anilines is 1. The summed E-state index contributed by atoms with van der Waals surface area (Å²) in [5.74, 6) is -8.55. The van der Waals surface area contributed by atoms with Crippen LogP contribution in [0.3, 0.4) is 0 Å². The summed E-state index contributed by atoms with van der Waals surface area (Å²) < 4.78 is 0. The van der Waals surface area contributed by atoms with Crippen LogP contribution in [0.2, 0.25) is 0 Å². The number of rotatable bonds is 3. The maximum atomic E-state index is 13.8. The Hall–Kier alpha value is -3.55. The van der Waals surface area contributed by atoms with Crippen LogP contribution in [0.1, 0.15) is 27.9 Å². The van der Waals surface area contributed by atoms with E-state index in [1.807, 2.05) is 0 Å². The molecule has 35 heavy (non-hydrogen) atoms. The molecule has 0 heterocycles. The fraction of sp³-hybridized carbons (Fsp3) is 0.480. The fourth-order valence-electron chi connectivity index (χ4n) is 6.16. The SMILES string of the molecule is C#Cc1cc(N(C)C)c2c(c1O)C(=O)C1C(=O)C3(O)C(=O)C(C(N)=O)C(=O)C(N(C)C)C3CC1C2. The lowest BCUT2D eigenvalue weighted by Crippen LogP contribution is -2.74. The third-order valence-electron chi connectivity index (χ3n) is 7.68. The van der Waals surface area contributed by atoms with Crippen molar-refractivity contribution in [1.29, 1.82) is 0 Å². The fourth-order valence-corrected chi connectivity index (χ4v) is 6.16. The van der Waals surface area contributed by atoms with Crippen LogP contribution in [0.15, 0.2) is 6.07 Å². The molecule has 3 aliphatic carbocycles. The maximum Gasteiger partial charge on any atom is 0.235 e. The van der Waals surface area contributed by atoms with E-state index < -0.39 is 70.1 Å². The molecule has 2 saturated carbocycles. The van der Waals surface area contributed by atoms with Crippen LogP contribution < -0.4 is 10.6 Å². The molecular formula is C25H27N3O7. The topological polar surface area (TPSA) is 158 Å². The van der Waals surface area contributed by atoms with E-state index in [0.717, 1.165) is 0 Å². The molecule has 3 aliphatic rings. The predicted octanol–water partition coefficient (Wildman–Crippen LogP) is -1.09. The highest BCUT2D eigenvalue weighted by molar-refractivity contribution is 6.32. The van der Waals surface area contributed by atoms with Gasteiger partial charge in [0.15, 0.2) is 34.7 Å². The third-order valence-corrected chi connectivity index (χ3v) is 7.68. The Kier molecular flexibility index (Phi) is 5.62. The van der Waals surface area contributed by atoms with Crippen molar-refractivity contribution in [1.82, 2.24) is 4.90 Å².